The Hall–Kier alpha value is -7.52. The van der Waals surface area contributed by atoms with Gasteiger partial charge >= 0.3 is 11.9 Å². The third-order valence-corrected chi connectivity index (χ3v) is 26.8. The van der Waals surface area contributed by atoms with Crippen LogP contribution in [0.15, 0.2) is 124 Å². The fourth-order valence-corrected chi connectivity index (χ4v) is 19.6. The normalized spacial score (nSPS) is 16.6. The zero-order valence-electron chi connectivity index (χ0n) is 71.9. The molecule has 6 aromatic carbocycles. The molecule has 0 aliphatic carbocycles. The number of rotatable bonds is 45. The monoisotopic (exact) mass is 1960 g/mol. The van der Waals surface area contributed by atoms with Crippen LogP contribution in [0, 0.1) is 0 Å². The fourth-order valence-electron chi connectivity index (χ4n) is 14.1. The van der Waals surface area contributed by atoms with Gasteiger partial charge in [-0.2, -0.15) is 0 Å². The van der Waals surface area contributed by atoms with Gasteiger partial charge in [-0.15, -0.1) is 10.1 Å². The topological polar surface area (TPSA) is 410 Å². The Labute approximate surface area is 775 Å². The van der Waals surface area contributed by atoms with Crippen molar-refractivity contribution in [1.82, 2.24) is 40.2 Å². The Kier molecular flexibility index (Phi) is 43.3. The third kappa shape index (κ3) is 33.3. The maximum Gasteiger partial charge on any atom is 0.358 e. The van der Waals surface area contributed by atoms with Crippen LogP contribution < -0.4 is 21.1 Å². The van der Waals surface area contributed by atoms with Crippen LogP contribution in [0.3, 0.4) is 0 Å². The molecule has 0 aromatic heterocycles. The Morgan fingerprint density at radius 1 is 0.430 bits per heavy atom. The molecule has 0 radical (unpaired) electrons. The molecule has 5 aliphatic rings. The van der Waals surface area contributed by atoms with E-state index in [9.17, 15) is 68.0 Å². The summed E-state index contributed by atoms with van der Waals surface area (Å²) in [5, 5.41) is 9.46. The van der Waals surface area contributed by atoms with Crippen LogP contribution in [0.5, 0.6) is 0 Å². The van der Waals surface area contributed by atoms with Crippen molar-refractivity contribution >= 4 is 147 Å². The van der Waals surface area contributed by atoms with Crippen molar-refractivity contribution in [3.05, 3.63) is 189 Å². The summed E-state index contributed by atoms with van der Waals surface area (Å²) < 4.78 is 139. The van der Waals surface area contributed by atoms with Crippen molar-refractivity contribution in [1.29, 1.82) is 0 Å². The summed E-state index contributed by atoms with van der Waals surface area (Å²) >= 11 is 38.4. The van der Waals surface area contributed by atoms with E-state index in [-0.39, 0.29) is 162 Å². The van der Waals surface area contributed by atoms with Gasteiger partial charge in [0.2, 0.25) is 21.8 Å². The van der Waals surface area contributed by atoms with Gasteiger partial charge in [-0.05, 0) is 157 Å². The molecular formula is C85H106Cl6FN9O24S3. The number of fused-ring (bicyclic) bond motifs is 3. The minimum atomic E-state index is -3.67. The molecule has 128 heavy (non-hydrogen) atoms. The van der Waals surface area contributed by atoms with E-state index in [4.69, 9.17) is 110 Å². The summed E-state index contributed by atoms with van der Waals surface area (Å²) in [5.41, 5.74) is 14.1. The van der Waals surface area contributed by atoms with Gasteiger partial charge in [0.1, 0.15) is 26.4 Å². The molecule has 2 fully saturated rings. The lowest BCUT2D eigenvalue weighted by molar-refractivity contribution is -0.205. The van der Waals surface area contributed by atoms with Gasteiger partial charge in [-0.1, -0.05) is 106 Å². The quantitative estimate of drug-likeness (QED) is 0.0206. The van der Waals surface area contributed by atoms with Gasteiger partial charge in [0, 0.05) is 152 Å². The second-order valence-electron chi connectivity index (χ2n) is 29.8. The molecule has 3 atom stereocenters. The fraction of sp³-hybridized carbons (Fsp3) is 0.482. The first-order chi connectivity index (χ1) is 61.6. The van der Waals surface area contributed by atoms with Crippen molar-refractivity contribution in [3.63, 3.8) is 0 Å². The molecule has 6 amide bonds. The Morgan fingerprint density at radius 2 is 0.742 bits per heavy atom. The number of hydrogen-bond acceptors (Lipinski definition) is 28. The van der Waals surface area contributed by atoms with Crippen LogP contribution in [-0.4, -0.2) is 289 Å². The van der Waals surface area contributed by atoms with Crippen molar-refractivity contribution in [2.45, 2.75) is 90.6 Å². The number of halogens is 7. The molecule has 0 bridgehead atoms. The number of likely N-dealkylation sites (N-methyl/N-ethyl adjacent to an activating group) is 3. The van der Waals surface area contributed by atoms with E-state index < -0.39 is 97.4 Å². The number of sulfonamides is 1. The lowest BCUT2D eigenvalue weighted by Crippen LogP contribution is -2.35. The number of sulfone groups is 2. The lowest BCUT2D eigenvalue weighted by atomic mass is 9.85. The summed E-state index contributed by atoms with van der Waals surface area (Å²) in [5.74, 6) is -5.84. The number of imide groups is 2. The Bertz CT molecular complexity index is 4920. The van der Waals surface area contributed by atoms with Gasteiger partial charge in [0.05, 0.1) is 101 Å². The van der Waals surface area contributed by atoms with E-state index in [0.717, 1.165) is 63.2 Å². The van der Waals surface area contributed by atoms with Crippen LogP contribution >= 0.6 is 69.6 Å². The first-order valence-electron chi connectivity index (χ1n) is 41.4. The maximum atomic E-state index is 13.2. The summed E-state index contributed by atoms with van der Waals surface area (Å²) in [4.78, 5) is 108. The predicted molar refractivity (Wildman–Crippen MR) is 475 cm³/mol. The average molecular weight is 1970 g/mol. The molecule has 2 saturated heterocycles. The molecule has 43 heteroatoms. The highest BCUT2D eigenvalue weighted by molar-refractivity contribution is 7.91. The van der Waals surface area contributed by atoms with Crippen LogP contribution in [0.25, 0.3) is 0 Å². The highest BCUT2D eigenvalue weighted by atomic mass is 35.5. The molecule has 0 saturated carbocycles. The molecule has 5 N–H and O–H groups in total. The van der Waals surface area contributed by atoms with Crippen molar-refractivity contribution < 1.29 is 117 Å². The standard InChI is InChI=1S/C50H62Cl4N4O11S2.C22H29Cl2N3O4S.C12H12N2O9.CH3F/c1-57-29-43(41-25-37(51)27-47(53)45(41)31-57)35-7-3-9-39(23-35)70(61,62)21-5-13-65-17-19-67-15-11-55-49(59)33-69-34-50(60)56-12-16-68-20-18-66-14-6-22-71(63,64)40-10-4-8-36(24-40)44-30-58(2)32-46-42(44)26-38(52)28-48(46)54;1-27-14-20(19-12-17(23)13-22(24)21(19)15-27)16-3-2-4-18(11-16)32(28,29)26-6-8-31-10-9-30-7-5-25;15-7-1-2-8(16)13(7)22-11(19)5-21-6-12(20)23-14-9(17)3-4-10(14)18;1-2/h3-4,7-10,23-28,43-44H,5-6,11-22,29-34H2,1-2H3,(H,55,59)(H,56,60);2-4,11-13,20,26H,5-10,14-15,25H2,1H3;1-6H2;1H3/i;;;1D. The molecular weight excluding hydrogens is 1860 g/mol. The van der Waals surface area contributed by atoms with Gasteiger partial charge in [0.15, 0.2) is 19.7 Å². The summed E-state index contributed by atoms with van der Waals surface area (Å²) in [6, 6.07) is 32.1. The number of nitrogens with one attached hydrogen (secondary N) is 3. The van der Waals surface area contributed by atoms with Gasteiger partial charge in [0.25, 0.3) is 23.6 Å². The molecule has 5 heterocycles. The molecule has 5 aliphatic heterocycles. The maximum absolute atomic E-state index is 13.2. The summed E-state index contributed by atoms with van der Waals surface area (Å²) in [6.07, 6.45) is 0.446. The third-order valence-electron chi connectivity index (χ3n) is 20.0. The van der Waals surface area contributed by atoms with E-state index in [1.165, 1.54) is 0 Å². The highest BCUT2D eigenvalue weighted by Crippen LogP contribution is 2.43. The first-order valence-corrected chi connectivity index (χ1v) is 47.8. The van der Waals surface area contributed by atoms with E-state index in [1.807, 2.05) is 57.5 Å². The smallest absolute Gasteiger partial charge is 0.358 e. The number of hydrogen-bond donors (Lipinski definition) is 4. The lowest BCUT2D eigenvalue weighted by Gasteiger charge is -2.33. The predicted octanol–water partition coefficient (Wildman–Crippen LogP) is 8.44. The van der Waals surface area contributed by atoms with Crippen LogP contribution in [-0.2, 0) is 135 Å². The number of carbonyl (C=O) groups is 8. The number of nitrogens with zero attached hydrogens (tertiary/aromatic N) is 5. The minimum absolute atomic E-state index is 0.0352. The molecule has 11 rings (SSSR count). The molecule has 702 valence electrons. The van der Waals surface area contributed by atoms with E-state index >= 15 is 0 Å². The van der Waals surface area contributed by atoms with Crippen molar-refractivity contribution in [2.24, 2.45) is 5.73 Å². The Balaban J connectivity index is 0.000000288. The van der Waals surface area contributed by atoms with Gasteiger partial charge in [-0.3, -0.25) is 33.2 Å². The van der Waals surface area contributed by atoms with E-state index in [2.05, 4.69) is 44.5 Å². The van der Waals surface area contributed by atoms with Crippen LogP contribution in [0.1, 0.15) is 108 Å². The number of amides is 6. The largest absolute Gasteiger partial charge is 0.379 e. The van der Waals surface area contributed by atoms with Crippen molar-refractivity contribution in [2.75, 3.05) is 191 Å². The first kappa shape index (κ1) is 104. The number of benzene rings is 6. The number of ether oxygens (including phenoxy) is 8. The van der Waals surface area contributed by atoms with Crippen LogP contribution in [0.2, 0.25) is 30.1 Å². The van der Waals surface area contributed by atoms with Crippen LogP contribution in [0.4, 0.5) is 4.39 Å². The minimum Gasteiger partial charge on any atom is -0.379 e. The van der Waals surface area contributed by atoms with Gasteiger partial charge in [-0.25, -0.2) is 39.6 Å². The van der Waals surface area contributed by atoms with Crippen molar-refractivity contribution in [3.8, 4) is 0 Å². The SMILES string of the molecule is CN1Cc2c(Cl)cc(Cl)cc2C(c2cccc(S(=O)(=O)CCCOCCOCCNC(=O)COCC(=O)NCCOCCOCCCS(=O)(=O)c3cccc(C4CN(C)Cc5c(Cl)cc(Cl)cc54)c3)c2)C1.CN1Cc2c(Cl)cc(Cl)cc2C(c2cccc(S(=O)(=O)NCCOCCOCCN)c2)C1.O=C(COCC(=O)ON1C(=O)CCC1=O)ON1C(=O)CCC1=O.[2H]CF. The molecule has 6 aromatic rings. The second-order valence-corrected chi connectivity index (χ2v) is 38.3. The average Bonchev–Trinajstić information content (AvgIpc) is 1.48. The zero-order chi connectivity index (χ0) is 93.8. The number of hydroxylamine groups is 4. The molecule has 3 unspecified atom stereocenters. The van der Waals surface area contributed by atoms with E-state index in [0.29, 0.717) is 106 Å². The number of nitrogens with two attached hydrogens (primary N) is 1. The molecule has 0 spiro atoms. The zero-order valence-corrected chi connectivity index (χ0v) is 77.8. The molecule has 33 nitrogen and oxygen atoms in total. The second kappa shape index (κ2) is 53.2. The van der Waals surface area contributed by atoms with E-state index in [1.54, 1.807) is 72.8 Å². The highest BCUT2D eigenvalue weighted by Gasteiger charge is 2.37. The number of alkyl halides is 1. The number of carbonyl (C=O) groups excluding carboxylic acids is 8. The summed E-state index contributed by atoms with van der Waals surface area (Å²) in [6.45, 7) is 6.78. The Morgan fingerprint density at radius 3 is 1.09 bits per heavy atom. The van der Waals surface area contributed by atoms with Gasteiger partial charge < -0.3 is 78.6 Å². The summed E-state index contributed by atoms with van der Waals surface area (Å²) in [7, 11) is -5.76.